The summed E-state index contributed by atoms with van der Waals surface area (Å²) in [5.74, 6) is -0.326. The van der Waals surface area contributed by atoms with E-state index >= 15 is 0 Å². The lowest BCUT2D eigenvalue weighted by Gasteiger charge is -2.30. The van der Waals surface area contributed by atoms with Crippen molar-refractivity contribution in [3.63, 3.8) is 0 Å². The number of fused-ring (bicyclic) bond motifs is 1. The van der Waals surface area contributed by atoms with E-state index in [4.69, 9.17) is 19.5 Å². The maximum Gasteiger partial charge on any atom is 0.481 e. The van der Waals surface area contributed by atoms with Crippen LogP contribution in [0.1, 0.15) is 98.1 Å². The number of imidazole rings is 1. The van der Waals surface area contributed by atoms with Crippen molar-refractivity contribution in [1.82, 2.24) is 30.2 Å². The highest BCUT2D eigenvalue weighted by atomic mass is 32.2. The van der Waals surface area contributed by atoms with Crippen molar-refractivity contribution in [1.29, 1.82) is 0 Å². The van der Waals surface area contributed by atoms with E-state index in [-0.39, 0.29) is 41.6 Å². The van der Waals surface area contributed by atoms with E-state index in [1.807, 2.05) is 0 Å². The second kappa shape index (κ2) is 24.7. The normalized spacial score (nSPS) is 21.3. The zero-order valence-corrected chi connectivity index (χ0v) is 38.5. The fraction of sp³-hybridized carbons (Fsp3) is 0.765. The fourth-order valence-corrected chi connectivity index (χ4v) is 9.74. The number of anilines is 1. The summed E-state index contributed by atoms with van der Waals surface area (Å²) in [5.41, 5.74) is 4.28. The third kappa shape index (κ3) is 18.2. The van der Waals surface area contributed by atoms with Crippen LogP contribution in [0.4, 0.5) is 5.82 Å². The number of thioether (sulfide) groups is 1. The Labute approximate surface area is 363 Å². The van der Waals surface area contributed by atoms with Gasteiger partial charge in [0.2, 0.25) is 11.8 Å². The first-order valence-corrected chi connectivity index (χ1v) is 25.5. The van der Waals surface area contributed by atoms with Crippen LogP contribution in [0.5, 0.6) is 0 Å². The van der Waals surface area contributed by atoms with Gasteiger partial charge in [-0.05, 0) is 12.3 Å². The predicted octanol–water partition coefficient (Wildman–Crippen LogP) is 2.83. The van der Waals surface area contributed by atoms with Crippen LogP contribution in [-0.2, 0) is 50.7 Å². The molecule has 2 amide bonds. The lowest BCUT2D eigenvalue weighted by molar-refractivity contribution is -0.137. The Balaban J connectivity index is 1.38. The van der Waals surface area contributed by atoms with Crippen molar-refractivity contribution < 1.29 is 80.5 Å². The van der Waals surface area contributed by atoms with Gasteiger partial charge in [0.25, 0.3) is 0 Å². The van der Waals surface area contributed by atoms with Gasteiger partial charge in [-0.15, -0.1) is 0 Å². The predicted molar refractivity (Wildman–Crippen MR) is 223 cm³/mol. The number of ether oxygens (including phenoxy) is 1. The Hall–Kier alpha value is -2.44. The number of amides is 2. The Morgan fingerprint density at radius 1 is 0.968 bits per heavy atom. The van der Waals surface area contributed by atoms with Gasteiger partial charge in [0.1, 0.15) is 36.3 Å². The van der Waals surface area contributed by atoms with Gasteiger partial charge in [0.15, 0.2) is 22.8 Å². The molecule has 0 spiro atoms. The molecule has 1 saturated heterocycles. The molecule has 8 unspecified atom stereocenters. The van der Waals surface area contributed by atoms with Gasteiger partial charge in [0.05, 0.1) is 19.5 Å². The standard InChI is InChI=1S/C34H60N7O17P3S/c1-5-6-8-11-22(2)12-9-7-10-13-25(43)62-17-16-36-24(42)14-15-37-32(46)29(45)34(3,4)19-55-61(52,53)58-60(50,51)54-18-23-28(57-59(47,48)49)27(44)33(56-23)41-21-40-26-30(35)38-20-39-31(26)41/h20-23,27-29,33,44-45H,5-19H2,1-4H3,(H,36,42)(H,37,46)(H,50,51)(H,52,53)(H2,35,38,39)(H2,47,48,49). The molecule has 0 bridgehead atoms. The van der Waals surface area contributed by atoms with Gasteiger partial charge in [-0.25, -0.2) is 28.6 Å². The van der Waals surface area contributed by atoms with E-state index in [0.29, 0.717) is 18.1 Å². The van der Waals surface area contributed by atoms with Crippen LogP contribution < -0.4 is 16.4 Å². The van der Waals surface area contributed by atoms with Crippen molar-refractivity contribution in [2.24, 2.45) is 11.3 Å². The van der Waals surface area contributed by atoms with Crippen molar-refractivity contribution >= 4 is 69.1 Å². The molecular formula is C34H60N7O17P3S. The van der Waals surface area contributed by atoms with E-state index in [1.54, 1.807) is 0 Å². The molecule has 0 saturated carbocycles. The quantitative estimate of drug-likeness (QED) is 0.0418. The van der Waals surface area contributed by atoms with Crippen LogP contribution in [0.15, 0.2) is 12.7 Å². The van der Waals surface area contributed by atoms with Gasteiger partial charge in [0, 0.05) is 37.1 Å². The highest BCUT2D eigenvalue weighted by Crippen LogP contribution is 2.61. The second-order valence-electron chi connectivity index (χ2n) is 15.5. The first kappa shape index (κ1) is 53.9. The number of aromatic nitrogens is 4. The molecule has 62 heavy (non-hydrogen) atoms. The first-order valence-electron chi connectivity index (χ1n) is 20.0. The first-order chi connectivity index (χ1) is 28.9. The molecule has 0 aromatic carbocycles. The lowest BCUT2D eigenvalue weighted by Crippen LogP contribution is -2.46. The Morgan fingerprint density at radius 3 is 2.32 bits per heavy atom. The maximum absolute atomic E-state index is 12.7. The van der Waals surface area contributed by atoms with Crippen LogP contribution in [0.2, 0.25) is 0 Å². The average molecular weight is 964 g/mol. The van der Waals surface area contributed by atoms with Crippen molar-refractivity contribution in [3.8, 4) is 0 Å². The minimum absolute atomic E-state index is 0.0331. The van der Waals surface area contributed by atoms with Gasteiger partial charge in [-0.3, -0.25) is 32.5 Å². The highest BCUT2D eigenvalue weighted by Gasteiger charge is 2.50. The molecule has 1 aliphatic rings. The smallest absolute Gasteiger partial charge is 0.386 e. The highest BCUT2D eigenvalue weighted by molar-refractivity contribution is 8.13. The SMILES string of the molecule is CCCCCC(C)CCCCCC(=O)SCCNC(=O)CCNC(=O)C(O)C(C)(C)COP(=O)(O)OP(=O)(O)OCC1OC(n2cnc3c(N)ncnc32)C(O)C1OP(=O)(O)O. The summed E-state index contributed by atoms with van der Waals surface area (Å²) in [6.45, 7) is 5.04. The van der Waals surface area contributed by atoms with Crippen molar-refractivity contribution in [2.45, 2.75) is 123 Å². The number of hydrogen-bond acceptors (Lipinski definition) is 18. The van der Waals surface area contributed by atoms with Crippen molar-refractivity contribution in [2.75, 3.05) is 37.8 Å². The molecule has 3 heterocycles. The zero-order chi connectivity index (χ0) is 46.3. The van der Waals surface area contributed by atoms with Crippen LogP contribution in [0, 0.1) is 11.3 Å². The third-order valence-electron chi connectivity index (χ3n) is 9.64. The number of phosphoric ester groups is 3. The number of rotatable bonds is 29. The van der Waals surface area contributed by atoms with E-state index in [1.165, 1.54) is 46.0 Å². The number of carbonyl (C=O) groups excluding carboxylic acids is 3. The number of unbranched alkanes of at least 4 members (excludes halogenated alkanes) is 4. The molecule has 354 valence electrons. The molecule has 1 fully saturated rings. The summed E-state index contributed by atoms with van der Waals surface area (Å²) in [6.07, 6.45) is 2.69. The number of nitrogens with zero attached hydrogens (tertiary/aromatic N) is 4. The summed E-state index contributed by atoms with van der Waals surface area (Å²) >= 11 is 1.15. The largest absolute Gasteiger partial charge is 0.481 e. The lowest BCUT2D eigenvalue weighted by atomic mass is 9.87. The Morgan fingerprint density at radius 2 is 1.65 bits per heavy atom. The number of phosphoric acid groups is 3. The third-order valence-corrected chi connectivity index (χ3v) is 13.7. The zero-order valence-electron chi connectivity index (χ0n) is 35.0. The summed E-state index contributed by atoms with van der Waals surface area (Å²) in [4.78, 5) is 88.1. The molecule has 0 radical (unpaired) electrons. The van der Waals surface area contributed by atoms with Crippen LogP contribution in [0.25, 0.3) is 11.2 Å². The second-order valence-corrected chi connectivity index (χ2v) is 20.9. The molecule has 3 rings (SSSR count). The molecule has 8 atom stereocenters. The van der Waals surface area contributed by atoms with Gasteiger partial charge in [-0.1, -0.05) is 84.4 Å². The van der Waals surface area contributed by atoms with E-state index in [0.717, 1.165) is 48.2 Å². The Kier molecular flexibility index (Phi) is 21.5. The van der Waals surface area contributed by atoms with E-state index in [9.17, 15) is 57.9 Å². The van der Waals surface area contributed by atoms with Crippen LogP contribution in [0.3, 0.4) is 0 Å². The molecule has 24 nitrogen and oxygen atoms in total. The number of nitrogens with one attached hydrogen (secondary N) is 2. The van der Waals surface area contributed by atoms with Crippen molar-refractivity contribution in [3.05, 3.63) is 12.7 Å². The van der Waals surface area contributed by atoms with Gasteiger partial charge < -0.3 is 50.9 Å². The molecule has 0 aliphatic carbocycles. The monoisotopic (exact) mass is 963 g/mol. The van der Waals surface area contributed by atoms with Gasteiger partial charge >= 0.3 is 23.5 Å². The van der Waals surface area contributed by atoms with Gasteiger partial charge in [-0.2, -0.15) is 4.31 Å². The minimum atomic E-state index is -5.57. The number of aliphatic hydroxyl groups excluding tert-OH is 2. The topological polar surface area (TPSA) is 364 Å². The number of nitrogens with two attached hydrogens (primary N) is 1. The summed E-state index contributed by atoms with van der Waals surface area (Å²) < 4.78 is 62.3. The fourth-order valence-electron chi connectivity index (χ4n) is 6.19. The van der Waals surface area contributed by atoms with Crippen LogP contribution in [-0.4, -0.2) is 123 Å². The molecule has 2 aromatic rings. The number of carbonyl (C=O) groups is 3. The van der Waals surface area contributed by atoms with E-state index in [2.05, 4.69) is 48.3 Å². The number of hydrogen-bond donors (Lipinski definition) is 9. The molecule has 28 heteroatoms. The molecular weight excluding hydrogens is 903 g/mol. The minimum Gasteiger partial charge on any atom is -0.386 e. The summed E-state index contributed by atoms with van der Waals surface area (Å²) in [6, 6.07) is 0. The Bertz CT molecular complexity index is 1920. The number of nitrogen functional groups attached to an aromatic ring is 1. The molecule has 1 aliphatic heterocycles. The van der Waals surface area contributed by atoms with E-state index < -0.39 is 84.6 Å². The van der Waals surface area contributed by atoms with Crippen LogP contribution >= 0.6 is 35.2 Å². The summed E-state index contributed by atoms with van der Waals surface area (Å²) in [7, 11) is -16.4. The average Bonchev–Trinajstić information content (AvgIpc) is 3.74. The number of aliphatic hydroxyl groups is 2. The summed E-state index contributed by atoms with van der Waals surface area (Å²) in [5, 5.41) is 26.6. The maximum atomic E-state index is 12.7. The molecule has 10 N–H and O–H groups in total. The molecule has 2 aromatic heterocycles.